The Bertz CT molecular complexity index is 981. The van der Waals surface area contributed by atoms with Crippen molar-refractivity contribution in [1.82, 2.24) is 4.31 Å². The molecule has 1 fully saturated rings. The highest BCUT2D eigenvalue weighted by atomic mass is 32.2. The molecule has 1 aliphatic rings. The molecule has 1 aliphatic heterocycles. The molecule has 27 heavy (non-hydrogen) atoms. The molecular weight excluding hydrogens is 354 g/mol. The van der Waals surface area contributed by atoms with Crippen LogP contribution in [0.15, 0.2) is 65.1 Å². The molecule has 2 aromatic carbocycles. The number of sulfonamides is 1. The Morgan fingerprint density at radius 2 is 1.63 bits per heavy atom. The average molecular weight is 382 g/mol. The second kappa shape index (κ2) is 7.45. The summed E-state index contributed by atoms with van der Waals surface area (Å²) in [7, 11) is -3.51. The number of benzene rings is 2. The van der Waals surface area contributed by atoms with E-state index in [4.69, 9.17) is 0 Å². The molecule has 1 saturated heterocycles. The summed E-state index contributed by atoms with van der Waals surface area (Å²) in [6, 6.07) is 13.5. The molecule has 0 aliphatic carbocycles. The van der Waals surface area contributed by atoms with E-state index in [-0.39, 0.29) is 5.92 Å². The normalized spacial score (nSPS) is 19.6. The van der Waals surface area contributed by atoms with Crippen LogP contribution in [0.25, 0.3) is 6.08 Å². The molecule has 2 aromatic rings. The van der Waals surface area contributed by atoms with Gasteiger partial charge in [0.15, 0.2) is 0 Å². The number of hydrogen-bond acceptors (Lipinski definition) is 2. The van der Waals surface area contributed by atoms with Crippen LogP contribution >= 0.6 is 0 Å². The largest absolute Gasteiger partial charge is 0.243 e. The van der Waals surface area contributed by atoms with Gasteiger partial charge in [-0.05, 0) is 51.0 Å². The number of rotatable bonds is 4. The van der Waals surface area contributed by atoms with Gasteiger partial charge in [-0.3, -0.25) is 0 Å². The lowest BCUT2D eigenvalue weighted by molar-refractivity contribution is 0.468. The van der Waals surface area contributed by atoms with Gasteiger partial charge in [0.1, 0.15) is 0 Å². The van der Waals surface area contributed by atoms with E-state index in [1.807, 2.05) is 26.0 Å². The van der Waals surface area contributed by atoms with Gasteiger partial charge >= 0.3 is 0 Å². The molecule has 0 N–H and O–H groups in total. The first kappa shape index (κ1) is 19.6. The standard InChI is InChI=1S/C23H27NO2S/c1-16(2)23-15-24(27(25,26)22-8-6-17(3)7-9-22)14-21(23)13-20-11-18(4)10-19(5)12-20/h6-13,23H,1,14-15H2,2-5H3/b21-13-. The SMILES string of the molecule is C=C(C)C1CN(S(=O)(=O)c2ccc(C)cc2)C/C1=C/c1cc(C)cc(C)c1. The summed E-state index contributed by atoms with van der Waals surface area (Å²) in [5, 5.41) is 0. The Morgan fingerprint density at radius 1 is 1.04 bits per heavy atom. The van der Waals surface area contributed by atoms with Crippen LogP contribution in [0.4, 0.5) is 0 Å². The third-order valence-corrected chi connectivity index (χ3v) is 6.87. The fourth-order valence-corrected chi connectivity index (χ4v) is 5.11. The summed E-state index contributed by atoms with van der Waals surface area (Å²) in [5.41, 5.74) is 6.66. The van der Waals surface area contributed by atoms with E-state index in [1.165, 1.54) is 11.1 Å². The van der Waals surface area contributed by atoms with Crippen molar-refractivity contribution in [1.29, 1.82) is 0 Å². The van der Waals surface area contributed by atoms with Crippen LogP contribution < -0.4 is 0 Å². The minimum absolute atomic E-state index is 0.0473. The van der Waals surface area contributed by atoms with Gasteiger partial charge in [-0.25, -0.2) is 8.42 Å². The average Bonchev–Trinajstić information content (AvgIpc) is 2.99. The van der Waals surface area contributed by atoms with Gasteiger partial charge in [-0.1, -0.05) is 65.3 Å². The maximum absolute atomic E-state index is 13.1. The van der Waals surface area contributed by atoms with E-state index in [0.717, 1.165) is 22.3 Å². The van der Waals surface area contributed by atoms with Gasteiger partial charge in [0.2, 0.25) is 10.0 Å². The third-order valence-electron chi connectivity index (χ3n) is 5.04. The molecule has 4 heteroatoms. The van der Waals surface area contributed by atoms with Crippen LogP contribution in [-0.4, -0.2) is 25.8 Å². The molecule has 1 unspecified atom stereocenters. The van der Waals surface area contributed by atoms with Crippen molar-refractivity contribution in [2.45, 2.75) is 32.6 Å². The molecule has 0 spiro atoms. The van der Waals surface area contributed by atoms with E-state index in [9.17, 15) is 8.42 Å². The van der Waals surface area contributed by atoms with E-state index in [1.54, 1.807) is 16.4 Å². The molecule has 0 aromatic heterocycles. The van der Waals surface area contributed by atoms with Gasteiger partial charge in [0.25, 0.3) is 0 Å². The lowest BCUT2D eigenvalue weighted by Crippen LogP contribution is -2.29. The van der Waals surface area contributed by atoms with Crippen LogP contribution in [0.1, 0.15) is 29.2 Å². The summed E-state index contributed by atoms with van der Waals surface area (Å²) in [6.45, 7) is 13.0. The minimum atomic E-state index is -3.51. The topological polar surface area (TPSA) is 37.4 Å². The molecule has 3 nitrogen and oxygen atoms in total. The fourth-order valence-electron chi connectivity index (χ4n) is 3.67. The molecular formula is C23H27NO2S. The van der Waals surface area contributed by atoms with E-state index >= 15 is 0 Å². The van der Waals surface area contributed by atoms with Crippen molar-refractivity contribution in [3.8, 4) is 0 Å². The van der Waals surface area contributed by atoms with Gasteiger partial charge < -0.3 is 0 Å². The van der Waals surface area contributed by atoms with Crippen LogP contribution in [-0.2, 0) is 10.0 Å². The van der Waals surface area contributed by atoms with Crippen LogP contribution in [0.3, 0.4) is 0 Å². The van der Waals surface area contributed by atoms with Crippen molar-refractivity contribution in [3.63, 3.8) is 0 Å². The second-order valence-electron chi connectivity index (χ2n) is 7.65. The second-order valence-corrected chi connectivity index (χ2v) is 9.59. The number of nitrogens with zero attached hydrogens (tertiary/aromatic N) is 1. The van der Waals surface area contributed by atoms with Crippen LogP contribution in [0, 0.1) is 26.7 Å². The Balaban J connectivity index is 1.96. The monoisotopic (exact) mass is 381 g/mol. The maximum Gasteiger partial charge on any atom is 0.243 e. The van der Waals surface area contributed by atoms with E-state index in [2.05, 4.69) is 44.7 Å². The van der Waals surface area contributed by atoms with Gasteiger partial charge in [0, 0.05) is 19.0 Å². The third kappa shape index (κ3) is 4.23. The molecule has 3 rings (SSSR count). The highest BCUT2D eigenvalue weighted by molar-refractivity contribution is 7.89. The Kier molecular flexibility index (Phi) is 5.41. The predicted molar refractivity (Wildman–Crippen MR) is 112 cm³/mol. The van der Waals surface area contributed by atoms with Crippen LogP contribution in [0.2, 0.25) is 0 Å². The minimum Gasteiger partial charge on any atom is -0.207 e. The van der Waals surface area contributed by atoms with Crippen molar-refractivity contribution >= 4 is 16.1 Å². The first-order valence-electron chi connectivity index (χ1n) is 9.18. The van der Waals surface area contributed by atoms with Crippen molar-refractivity contribution in [3.05, 3.63) is 82.4 Å². The van der Waals surface area contributed by atoms with Gasteiger partial charge in [0.05, 0.1) is 4.90 Å². The molecule has 1 heterocycles. The lowest BCUT2D eigenvalue weighted by Gasteiger charge is -2.16. The van der Waals surface area contributed by atoms with Crippen molar-refractivity contribution in [2.24, 2.45) is 5.92 Å². The number of aryl methyl sites for hydroxylation is 3. The zero-order valence-electron chi connectivity index (χ0n) is 16.5. The van der Waals surface area contributed by atoms with E-state index in [0.29, 0.717) is 18.0 Å². The van der Waals surface area contributed by atoms with Gasteiger partial charge in [-0.15, -0.1) is 0 Å². The summed E-state index contributed by atoms with van der Waals surface area (Å²) in [4.78, 5) is 0.348. The summed E-state index contributed by atoms with van der Waals surface area (Å²) in [6.07, 6.45) is 2.13. The molecule has 142 valence electrons. The maximum atomic E-state index is 13.1. The Hall–Kier alpha value is -2.17. The first-order chi connectivity index (χ1) is 12.7. The highest BCUT2D eigenvalue weighted by Crippen LogP contribution is 2.33. The smallest absolute Gasteiger partial charge is 0.207 e. The molecule has 0 amide bonds. The fraction of sp³-hybridized carbons (Fsp3) is 0.304. The quantitative estimate of drug-likeness (QED) is 0.707. The van der Waals surface area contributed by atoms with Crippen molar-refractivity contribution in [2.75, 3.05) is 13.1 Å². The Morgan fingerprint density at radius 3 is 2.19 bits per heavy atom. The first-order valence-corrected chi connectivity index (χ1v) is 10.6. The van der Waals surface area contributed by atoms with Gasteiger partial charge in [-0.2, -0.15) is 4.31 Å². The van der Waals surface area contributed by atoms with Crippen molar-refractivity contribution < 1.29 is 8.42 Å². The summed E-state index contributed by atoms with van der Waals surface area (Å²) in [5.74, 6) is 0.0473. The Labute approximate surface area is 163 Å². The molecule has 0 radical (unpaired) electrons. The summed E-state index contributed by atoms with van der Waals surface area (Å²) >= 11 is 0. The molecule has 1 atom stereocenters. The zero-order chi connectivity index (χ0) is 19.8. The summed E-state index contributed by atoms with van der Waals surface area (Å²) < 4.78 is 27.8. The lowest BCUT2D eigenvalue weighted by atomic mass is 9.94. The molecule has 0 saturated carbocycles. The predicted octanol–water partition coefficient (Wildman–Crippen LogP) is 4.89. The van der Waals surface area contributed by atoms with E-state index < -0.39 is 10.0 Å². The number of hydrogen-bond donors (Lipinski definition) is 0. The molecule has 0 bridgehead atoms. The highest BCUT2D eigenvalue weighted by Gasteiger charge is 2.35. The van der Waals surface area contributed by atoms with Crippen LogP contribution in [0.5, 0.6) is 0 Å². The zero-order valence-corrected chi connectivity index (χ0v) is 17.3.